The van der Waals surface area contributed by atoms with E-state index in [1.807, 2.05) is 35.2 Å². The van der Waals surface area contributed by atoms with Crippen molar-refractivity contribution < 1.29 is 14.7 Å². The number of benzene rings is 2. The van der Waals surface area contributed by atoms with E-state index in [9.17, 15) is 14.7 Å². The molecular weight excluding hydrogens is 464 g/mol. The van der Waals surface area contributed by atoms with Crippen LogP contribution in [0.3, 0.4) is 0 Å². The zero-order chi connectivity index (χ0) is 25.8. The van der Waals surface area contributed by atoms with Crippen molar-refractivity contribution in [3.8, 4) is 0 Å². The average Bonchev–Trinajstić information content (AvgIpc) is 2.89. The molecule has 2 saturated heterocycles. The molecule has 2 aromatic rings. The molecule has 2 aromatic carbocycles. The monoisotopic (exact) mass is 502 g/mol. The molecule has 0 aliphatic carbocycles. The number of nitrogens with zero attached hydrogens (tertiary/aromatic N) is 2. The first-order chi connectivity index (χ1) is 17.7. The molecule has 2 amide bonds. The number of rotatable bonds is 4. The van der Waals surface area contributed by atoms with Gasteiger partial charge in [-0.05, 0) is 67.2 Å². The number of likely N-dealkylation sites (tertiary alicyclic amines) is 1. The van der Waals surface area contributed by atoms with Crippen molar-refractivity contribution in [3.63, 3.8) is 0 Å². The number of aliphatic hydroxyl groups is 1. The number of carbonyl (C=O) groups excluding carboxylic acids is 2. The molecule has 3 N–H and O–H groups in total. The fraction of sp³-hybridized carbons (Fsp3) is 0.533. The third-order valence-electron chi connectivity index (χ3n) is 9.09. The van der Waals surface area contributed by atoms with Crippen molar-refractivity contribution in [3.05, 3.63) is 70.3 Å². The van der Waals surface area contributed by atoms with E-state index >= 15 is 0 Å². The van der Waals surface area contributed by atoms with Gasteiger partial charge in [0.1, 0.15) is 0 Å². The van der Waals surface area contributed by atoms with Crippen molar-refractivity contribution in [2.45, 2.75) is 57.2 Å². The number of carbonyl (C=O) groups is 2. The summed E-state index contributed by atoms with van der Waals surface area (Å²) >= 11 is 0. The Bertz CT molecular complexity index is 1210. The van der Waals surface area contributed by atoms with Gasteiger partial charge in [0.25, 0.3) is 11.8 Å². The van der Waals surface area contributed by atoms with E-state index in [2.05, 4.69) is 36.6 Å². The second kappa shape index (κ2) is 9.22. The summed E-state index contributed by atoms with van der Waals surface area (Å²) in [5.74, 6) is -0.00194. The van der Waals surface area contributed by atoms with Gasteiger partial charge < -0.3 is 25.5 Å². The number of hydrogen-bond acceptors (Lipinski definition) is 5. The van der Waals surface area contributed by atoms with Gasteiger partial charge in [0.15, 0.2) is 0 Å². The second-order valence-corrected chi connectivity index (χ2v) is 12.3. The number of β-amino-alcohol motifs (C(OH)–C–C–N with tert-alkyl or cyclic N) is 1. The predicted octanol–water partition coefficient (Wildman–Crippen LogP) is 2.32. The van der Waals surface area contributed by atoms with Crippen LogP contribution in [0.15, 0.2) is 42.5 Å². The Morgan fingerprint density at radius 3 is 2.57 bits per heavy atom. The highest BCUT2D eigenvalue weighted by Crippen LogP contribution is 2.40. The zero-order valence-electron chi connectivity index (χ0n) is 21.9. The molecule has 4 aliphatic heterocycles. The van der Waals surface area contributed by atoms with Crippen LogP contribution in [0.5, 0.6) is 0 Å². The summed E-state index contributed by atoms with van der Waals surface area (Å²) < 4.78 is 0. The predicted molar refractivity (Wildman–Crippen MR) is 143 cm³/mol. The number of nitrogens with one attached hydrogen (secondary N) is 2. The highest BCUT2D eigenvalue weighted by molar-refractivity contribution is 6.00. The number of aliphatic hydroxyl groups excluding tert-OH is 1. The number of piperidine rings is 1. The molecule has 0 aromatic heterocycles. The van der Waals surface area contributed by atoms with E-state index in [0.29, 0.717) is 23.1 Å². The largest absolute Gasteiger partial charge is 0.390 e. The number of hydrogen-bond donors (Lipinski definition) is 3. The van der Waals surface area contributed by atoms with Gasteiger partial charge >= 0.3 is 0 Å². The lowest BCUT2D eigenvalue weighted by Gasteiger charge is -2.52. The smallest absolute Gasteiger partial charge is 0.254 e. The Morgan fingerprint density at radius 1 is 1.08 bits per heavy atom. The molecule has 0 saturated carbocycles. The van der Waals surface area contributed by atoms with Crippen LogP contribution in [0.25, 0.3) is 0 Å². The van der Waals surface area contributed by atoms with Gasteiger partial charge in [0.2, 0.25) is 0 Å². The summed E-state index contributed by atoms with van der Waals surface area (Å²) in [7, 11) is 0. The third kappa shape index (κ3) is 4.47. The van der Waals surface area contributed by atoms with Crippen molar-refractivity contribution in [2.24, 2.45) is 5.41 Å². The quantitative estimate of drug-likeness (QED) is 0.598. The fourth-order valence-electron chi connectivity index (χ4n) is 6.84. The Hall–Kier alpha value is -2.74. The van der Waals surface area contributed by atoms with Crippen LogP contribution in [0.4, 0.5) is 0 Å². The van der Waals surface area contributed by atoms with Crippen LogP contribution in [0, 0.1) is 5.41 Å². The maximum absolute atomic E-state index is 13.5. The Kier molecular flexibility index (Phi) is 6.13. The Morgan fingerprint density at radius 2 is 1.81 bits per heavy atom. The molecule has 196 valence electrons. The van der Waals surface area contributed by atoms with Crippen molar-refractivity contribution in [1.29, 1.82) is 0 Å². The second-order valence-electron chi connectivity index (χ2n) is 12.3. The van der Waals surface area contributed by atoms with Crippen molar-refractivity contribution in [2.75, 3.05) is 39.3 Å². The van der Waals surface area contributed by atoms with E-state index in [-0.39, 0.29) is 29.8 Å². The minimum atomic E-state index is -0.663. The Labute approximate surface area is 219 Å². The highest BCUT2D eigenvalue weighted by Gasteiger charge is 2.46. The van der Waals surface area contributed by atoms with E-state index in [1.165, 1.54) is 11.1 Å². The molecule has 6 rings (SSSR count). The van der Waals surface area contributed by atoms with Gasteiger partial charge in [-0.2, -0.15) is 0 Å². The van der Waals surface area contributed by atoms with E-state index in [4.69, 9.17) is 0 Å². The molecule has 7 heteroatoms. The van der Waals surface area contributed by atoms with Gasteiger partial charge in [0, 0.05) is 60.7 Å². The maximum atomic E-state index is 13.5. The van der Waals surface area contributed by atoms with Crippen molar-refractivity contribution in [1.82, 2.24) is 20.4 Å². The summed E-state index contributed by atoms with van der Waals surface area (Å²) in [5.41, 5.74) is 4.73. The lowest BCUT2D eigenvalue weighted by Crippen LogP contribution is -2.61. The van der Waals surface area contributed by atoms with E-state index in [0.717, 1.165) is 57.5 Å². The highest BCUT2D eigenvalue weighted by atomic mass is 16.3. The van der Waals surface area contributed by atoms with E-state index in [1.54, 1.807) is 4.90 Å². The average molecular weight is 503 g/mol. The first-order valence-corrected chi connectivity index (χ1v) is 13.7. The first-order valence-electron chi connectivity index (χ1n) is 13.7. The molecular formula is C30H38N4O3. The molecule has 2 atom stereocenters. The fourth-order valence-corrected chi connectivity index (χ4v) is 6.84. The van der Waals surface area contributed by atoms with Crippen LogP contribution in [0.2, 0.25) is 0 Å². The van der Waals surface area contributed by atoms with Crippen molar-refractivity contribution >= 4 is 11.8 Å². The minimum absolute atomic E-state index is 0.0664. The topological polar surface area (TPSA) is 84.9 Å². The standard InChI is InChI=1S/C30H38N4O3/c1-29(2)17-33(16-26(35)25-14-20-5-3-4-6-22(20)15-32-25)28(37)23-8-7-21(13-24(23)29)27(36)34-18-30(19-34)9-11-31-12-10-30/h3-8,13,25-26,31-32,35H,9-12,14-19H2,1-2H3/t25-,26+/m0/s1. The summed E-state index contributed by atoms with van der Waals surface area (Å²) in [6.07, 6.45) is 2.35. The Balaban J connectivity index is 1.15. The number of amides is 2. The van der Waals surface area contributed by atoms with Gasteiger partial charge in [0.05, 0.1) is 6.10 Å². The minimum Gasteiger partial charge on any atom is -0.390 e. The van der Waals surface area contributed by atoms with Gasteiger partial charge in [-0.3, -0.25) is 9.59 Å². The van der Waals surface area contributed by atoms with Gasteiger partial charge in [-0.25, -0.2) is 0 Å². The van der Waals surface area contributed by atoms with Crippen LogP contribution >= 0.6 is 0 Å². The summed E-state index contributed by atoms with van der Waals surface area (Å²) in [6, 6.07) is 13.8. The molecule has 4 aliphatic rings. The lowest BCUT2D eigenvalue weighted by molar-refractivity contribution is -0.0113. The lowest BCUT2D eigenvalue weighted by atomic mass is 9.72. The number of fused-ring (bicyclic) bond motifs is 2. The van der Waals surface area contributed by atoms with Crippen LogP contribution < -0.4 is 10.6 Å². The molecule has 0 unspecified atom stereocenters. The third-order valence-corrected chi connectivity index (χ3v) is 9.09. The molecule has 4 heterocycles. The first kappa shape index (κ1) is 24.6. The zero-order valence-corrected chi connectivity index (χ0v) is 21.9. The molecule has 37 heavy (non-hydrogen) atoms. The normalized spacial score (nSPS) is 24.7. The molecule has 1 spiro atoms. The summed E-state index contributed by atoms with van der Waals surface area (Å²) in [5, 5.41) is 18.0. The molecule has 0 radical (unpaired) electrons. The van der Waals surface area contributed by atoms with E-state index < -0.39 is 6.10 Å². The molecule has 0 bridgehead atoms. The summed E-state index contributed by atoms with van der Waals surface area (Å²) in [6.45, 7) is 9.49. The van der Waals surface area contributed by atoms with Gasteiger partial charge in [-0.1, -0.05) is 38.1 Å². The van der Waals surface area contributed by atoms with Crippen LogP contribution in [-0.2, 0) is 18.4 Å². The molecule has 7 nitrogen and oxygen atoms in total. The SMILES string of the molecule is CC1(C)CN(C[C@@H](O)[C@@H]2Cc3ccccc3CN2)C(=O)c2ccc(C(=O)N3CC4(CCNCC4)C3)cc21. The van der Waals surface area contributed by atoms with Crippen LogP contribution in [0.1, 0.15) is 64.1 Å². The maximum Gasteiger partial charge on any atom is 0.254 e. The summed E-state index contributed by atoms with van der Waals surface area (Å²) in [4.78, 5) is 30.5. The van der Waals surface area contributed by atoms with Gasteiger partial charge in [-0.15, -0.1) is 0 Å². The molecule has 2 fully saturated rings. The van der Waals surface area contributed by atoms with Crippen LogP contribution in [-0.4, -0.2) is 78.1 Å².